The number of likely N-dealkylation sites (tertiary alicyclic amines) is 1. The molecule has 2 N–H and O–H groups in total. The Kier molecular flexibility index (Phi) is 7.29. The van der Waals surface area contributed by atoms with Gasteiger partial charge in [0.15, 0.2) is 5.96 Å². The van der Waals surface area contributed by atoms with Crippen molar-refractivity contribution in [3.8, 4) is 0 Å². The number of nitrogens with one attached hydrogen (secondary N) is 2. The molecule has 7 heteroatoms. The molecule has 0 saturated carbocycles. The van der Waals surface area contributed by atoms with Crippen molar-refractivity contribution in [2.24, 2.45) is 4.99 Å². The van der Waals surface area contributed by atoms with Gasteiger partial charge in [0.25, 0.3) is 0 Å². The highest BCUT2D eigenvalue weighted by Gasteiger charge is 2.25. The van der Waals surface area contributed by atoms with Crippen LogP contribution in [0.15, 0.2) is 27.8 Å². The minimum Gasteiger partial charge on any atom is -0.468 e. The Bertz CT molecular complexity index is 719. The average Bonchev–Trinajstić information content (AvgIpc) is 3.43. The van der Waals surface area contributed by atoms with E-state index in [-0.39, 0.29) is 6.04 Å². The Hall–Kier alpha value is -1.86. The second-order valence-electron chi connectivity index (χ2n) is 6.87. The summed E-state index contributed by atoms with van der Waals surface area (Å²) >= 11 is 1.80. The van der Waals surface area contributed by atoms with Gasteiger partial charge in [-0.05, 0) is 51.4 Å². The standard InChI is InChI=1S/C20H31N5OS/c1-4-16-15(2)27-19(24-16)9-10-22-20(21-3)23-14-17(18-8-7-13-26-18)25-11-5-6-12-25/h7-8,13,17H,4-6,9-12,14H2,1-3H3,(H2,21,22,23). The number of aryl methyl sites for hydroxylation is 2. The second kappa shape index (κ2) is 9.90. The van der Waals surface area contributed by atoms with Crippen molar-refractivity contribution < 1.29 is 4.42 Å². The van der Waals surface area contributed by atoms with Crippen molar-refractivity contribution in [1.29, 1.82) is 0 Å². The fourth-order valence-corrected chi connectivity index (χ4v) is 4.59. The molecule has 0 radical (unpaired) electrons. The first-order chi connectivity index (χ1) is 13.2. The maximum Gasteiger partial charge on any atom is 0.191 e. The van der Waals surface area contributed by atoms with Crippen LogP contribution >= 0.6 is 11.3 Å². The van der Waals surface area contributed by atoms with E-state index in [0.717, 1.165) is 50.7 Å². The molecular formula is C20H31N5OS. The first-order valence-corrected chi connectivity index (χ1v) is 10.7. The monoisotopic (exact) mass is 389 g/mol. The zero-order valence-corrected chi connectivity index (χ0v) is 17.4. The quantitative estimate of drug-likeness (QED) is 0.536. The van der Waals surface area contributed by atoms with Gasteiger partial charge in [-0.3, -0.25) is 9.89 Å². The van der Waals surface area contributed by atoms with E-state index in [2.05, 4.69) is 40.4 Å². The van der Waals surface area contributed by atoms with E-state index in [1.807, 2.05) is 13.1 Å². The molecule has 0 aliphatic carbocycles. The summed E-state index contributed by atoms with van der Waals surface area (Å²) in [5.74, 6) is 1.85. The molecule has 0 spiro atoms. The Balaban J connectivity index is 1.50. The third-order valence-electron chi connectivity index (χ3n) is 5.04. The molecule has 0 amide bonds. The summed E-state index contributed by atoms with van der Waals surface area (Å²) in [6, 6.07) is 4.28. The molecule has 0 aromatic carbocycles. The number of hydrogen-bond donors (Lipinski definition) is 2. The summed E-state index contributed by atoms with van der Waals surface area (Å²) in [4.78, 5) is 12.9. The number of hydrogen-bond acceptors (Lipinski definition) is 5. The summed E-state index contributed by atoms with van der Waals surface area (Å²) in [6.45, 7) is 8.17. The van der Waals surface area contributed by atoms with Crippen LogP contribution < -0.4 is 10.6 Å². The third-order valence-corrected chi connectivity index (χ3v) is 6.12. The van der Waals surface area contributed by atoms with Crippen molar-refractivity contribution in [1.82, 2.24) is 20.5 Å². The second-order valence-corrected chi connectivity index (χ2v) is 8.16. The molecule has 0 bridgehead atoms. The van der Waals surface area contributed by atoms with Gasteiger partial charge in [-0.15, -0.1) is 11.3 Å². The van der Waals surface area contributed by atoms with E-state index in [0.29, 0.717) is 0 Å². The smallest absolute Gasteiger partial charge is 0.191 e. The summed E-state index contributed by atoms with van der Waals surface area (Å²) in [5.41, 5.74) is 1.23. The van der Waals surface area contributed by atoms with Crippen LogP contribution in [-0.2, 0) is 12.8 Å². The summed E-state index contributed by atoms with van der Waals surface area (Å²) < 4.78 is 5.69. The molecule has 1 atom stereocenters. The van der Waals surface area contributed by atoms with Gasteiger partial charge < -0.3 is 15.1 Å². The Labute approximate surface area is 166 Å². The maximum atomic E-state index is 5.69. The van der Waals surface area contributed by atoms with Gasteiger partial charge in [0.2, 0.25) is 0 Å². The highest BCUT2D eigenvalue weighted by Crippen LogP contribution is 2.24. The van der Waals surface area contributed by atoms with Gasteiger partial charge in [0, 0.05) is 31.4 Å². The first-order valence-electron chi connectivity index (χ1n) is 9.88. The van der Waals surface area contributed by atoms with Gasteiger partial charge in [0.1, 0.15) is 5.76 Å². The van der Waals surface area contributed by atoms with E-state index < -0.39 is 0 Å². The van der Waals surface area contributed by atoms with Crippen molar-refractivity contribution >= 4 is 17.3 Å². The van der Waals surface area contributed by atoms with Gasteiger partial charge in [-0.1, -0.05) is 6.92 Å². The number of guanidine groups is 1. The van der Waals surface area contributed by atoms with Gasteiger partial charge in [-0.2, -0.15) is 0 Å². The lowest BCUT2D eigenvalue weighted by Crippen LogP contribution is -2.43. The largest absolute Gasteiger partial charge is 0.468 e. The minimum atomic E-state index is 0.245. The van der Waals surface area contributed by atoms with Crippen LogP contribution in [0.2, 0.25) is 0 Å². The van der Waals surface area contributed by atoms with Gasteiger partial charge in [0.05, 0.1) is 23.0 Å². The van der Waals surface area contributed by atoms with Crippen LogP contribution in [0, 0.1) is 6.92 Å². The van der Waals surface area contributed by atoms with Crippen molar-refractivity contribution in [3.05, 3.63) is 39.7 Å². The molecule has 2 aromatic heterocycles. The van der Waals surface area contributed by atoms with Crippen LogP contribution in [0.5, 0.6) is 0 Å². The molecule has 27 heavy (non-hydrogen) atoms. The average molecular weight is 390 g/mol. The van der Waals surface area contributed by atoms with Crippen LogP contribution in [0.3, 0.4) is 0 Å². The topological polar surface area (TPSA) is 65.7 Å². The molecule has 1 aliphatic heterocycles. The fourth-order valence-electron chi connectivity index (χ4n) is 3.57. The zero-order chi connectivity index (χ0) is 19.1. The zero-order valence-electron chi connectivity index (χ0n) is 16.6. The van der Waals surface area contributed by atoms with Crippen LogP contribution in [0.25, 0.3) is 0 Å². The Morgan fingerprint density at radius 3 is 2.81 bits per heavy atom. The van der Waals surface area contributed by atoms with E-state index in [4.69, 9.17) is 9.40 Å². The number of furan rings is 1. The number of rotatable bonds is 8. The number of nitrogens with zero attached hydrogens (tertiary/aromatic N) is 3. The van der Waals surface area contributed by atoms with Crippen LogP contribution in [-0.4, -0.2) is 49.1 Å². The normalized spacial score (nSPS) is 16.6. The van der Waals surface area contributed by atoms with Gasteiger partial charge in [-0.25, -0.2) is 4.98 Å². The molecule has 1 unspecified atom stereocenters. The Morgan fingerprint density at radius 1 is 1.37 bits per heavy atom. The first kappa shape index (κ1) is 19.9. The van der Waals surface area contributed by atoms with E-state index >= 15 is 0 Å². The molecule has 1 aliphatic rings. The number of aliphatic imine (C=N–C) groups is 1. The lowest BCUT2D eigenvalue weighted by molar-refractivity contribution is 0.215. The Morgan fingerprint density at radius 2 is 2.19 bits per heavy atom. The molecule has 6 nitrogen and oxygen atoms in total. The molecular weight excluding hydrogens is 358 g/mol. The van der Waals surface area contributed by atoms with E-state index in [9.17, 15) is 0 Å². The fraction of sp³-hybridized carbons (Fsp3) is 0.600. The summed E-state index contributed by atoms with van der Waals surface area (Å²) in [7, 11) is 1.82. The predicted octanol–water partition coefficient (Wildman–Crippen LogP) is 3.15. The van der Waals surface area contributed by atoms with Crippen molar-refractivity contribution in [2.45, 2.75) is 45.6 Å². The van der Waals surface area contributed by atoms with E-state index in [1.165, 1.54) is 28.4 Å². The van der Waals surface area contributed by atoms with Crippen LogP contribution in [0.4, 0.5) is 0 Å². The minimum absolute atomic E-state index is 0.245. The number of thiazole rings is 1. The highest BCUT2D eigenvalue weighted by atomic mass is 32.1. The molecule has 3 heterocycles. The predicted molar refractivity (Wildman–Crippen MR) is 112 cm³/mol. The van der Waals surface area contributed by atoms with E-state index in [1.54, 1.807) is 17.6 Å². The van der Waals surface area contributed by atoms with Crippen LogP contribution in [0.1, 0.15) is 47.1 Å². The molecule has 3 rings (SSSR count). The van der Waals surface area contributed by atoms with Gasteiger partial charge >= 0.3 is 0 Å². The summed E-state index contributed by atoms with van der Waals surface area (Å²) in [6.07, 6.45) is 6.20. The molecule has 148 valence electrons. The summed E-state index contributed by atoms with van der Waals surface area (Å²) in [5, 5.41) is 8.07. The third kappa shape index (κ3) is 5.32. The highest BCUT2D eigenvalue weighted by molar-refractivity contribution is 7.11. The lowest BCUT2D eigenvalue weighted by Gasteiger charge is -2.26. The molecule has 1 fully saturated rings. The SMILES string of the molecule is CCc1nc(CCNC(=NC)NCC(c2ccco2)N2CCCC2)sc1C. The molecule has 2 aromatic rings. The maximum absolute atomic E-state index is 5.69. The molecule has 1 saturated heterocycles. The van der Waals surface area contributed by atoms with Crippen molar-refractivity contribution in [3.63, 3.8) is 0 Å². The lowest BCUT2D eigenvalue weighted by atomic mass is 10.2. The number of aromatic nitrogens is 1. The van der Waals surface area contributed by atoms with Crippen molar-refractivity contribution in [2.75, 3.05) is 33.2 Å².